The van der Waals surface area contributed by atoms with E-state index in [2.05, 4.69) is 29.9 Å². The van der Waals surface area contributed by atoms with Crippen molar-refractivity contribution in [2.24, 2.45) is 0 Å². The van der Waals surface area contributed by atoms with Gasteiger partial charge in [-0.3, -0.25) is 0 Å². The second-order valence-corrected chi connectivity index (χ2v) is 9.19. The SMILES string of the molecule is C/C(Cl)=C\CSc1c(C)c(CO)c(C)n1Cc1csc2ccc(Cl)cc12. The summed E-state index contributed by atoms with van der Waals surface area (Å²) in [6.45, 7) is 6.86. The standard InChI is InChI=1S/C20H21Cl2NOS2/c1-12(21)6-7-25-20-13(2)18(10-24)14(3)23(20)9-15-11-26-19-5-4-16(22)8-17(15)19/h4-6,8,11,24H,7,9-10H2,1-3H3/b12-6+. The molecular formula is C20H21Cl2NOS2. The molecule has 0 aliphatic rings. The summed E-state index contributed by atoms with van der Waals surface area (Å²) >= 11 is 15.7. The smallest absolute Gasteiger partial charge is 0.0789 e. The highest BCUT2D eigenvalue weighted by Crippen LogP contribution is 2.34. The van der Waals surface area contributed by atoms with Crippen LogP contribution < -0.4 is 0 Å². The Labute approximate surface area is 172 Å². The summed E-state index contributed by atoms with van der Waals surface area (Å²) in [6.07, 6.45) is 2.01. The molecule has 0 radical (unpaired) electrons. The number of nitrogens with zero attached hydrogens (tertiary/aromatic N) is 1. The molecule has 2 aromatic heterocycles. The number of thiophene rings is 1. The van der Waals surface area contributed by atoms with Crippen molar-refractivity contribution in [2.45, 2.75) is 38.9 Å². The fourth-order valence-electron chi connectivity index (χ4n) is 3.11. The summed E-state index contributed by atoms with van der Waals surface area (Å²) in [7, 11) is 0. The Hall–Kier alpha value is -0.910. The predicted octanol–water partition coefficient (Wildman–Crippen LogP) is 6.75. The van der Waals surface area contributed by atoms with Gasteiger partial charge in [-0.05, 0) is 60.9 Å². The summed E-state index contributed by atoms with van der Waals surface area (Å²) < 4.78 is 3.54. The molecule has 0 amide bonds. The highest BCUT2D eigenvalue weighted by atomic mass is 35.5. The Morgan fingerprint density at radius 3 is 2.81 bits per heavy atom. The second-order valence-electron chi connectivity index (χ2n) is 6.24. The zero-order valence-electron chi connectivity index (χ0n) is 15.0. The van der Waals surface area contributed by atoms with Crippen LogP contribution in [-0.4, -0.2) is 15.4 Å². The Bertz CT molecular complexity index is 968. The van der Waals surface area contributed by atoms with Gasteiger partial charge in [0.2, 0.25) is 0 Å². The van der Waals surface area contributed by atoms with Gasteiger partial charge in [0.15, 0.2) is 0 Å². The molecule has 0 unspecified atom stereocenters. The van der Waals surface area contributed by atoms with Gasteiger partial charge in [-0.15, -0.1) is 23.1 Å². The fourth-order valence-corrected chi connectivity index (χ4v) is 5.57. The molecule has 3 aromatic rings. The molecule has 0 fully saturated rings. The number of hydrogen-bond donors (Lipinski definition) is 1. The molecule has 0 saturated heterocycles. The lowest BCUT2D eigenvalue weighted by Crippen LogP contribution is -2.04. The van der Waals surface area contributed by atoms with Crippen LogP contribution in [0.15, 0.2) is 39.7 Å². The van der Waals surface area contributed by atoms with Gasteiger partial charge in [-0.1, -0.05) is 29.3 Å². The van der Waals surface area contributed by atoms with E-state index in [1.807, 2.05) is 25.1 Å². The minimum atomic E-state index is 0.0544. The summed E-state index contributed by atoms with van der Waals surface area (Å²) in [5.41, 5.74) is 4.52. The summed E-state index contributed by atoms with van der Waals surface area (Å²) in [5.74, 6) is 0.806. The zero-order chi connectivity index (χ0) is 18.8. The molecule has 0 aliphatic heterocycles. The van der Waals surface area contributed by atoms with E-state index in [0.717, 1.165) is 39.2 Å². The summed E-state index contributed by atoms with van der Waals surface area (Å²) in [6, 6.07) is 6.04. The molecule has 0 spiro atoms. The van der Waals surface area contributed by atoms with Crippen LogP contribution in [0.5, 0.6) is 0 Å². The highest BCUT2D eigenvalue weighted by molar-refractivity contribution is 7.99. The highest BCUT2D eigenvalue weighted by Gasteiger charge is 2.18. The average Bonchev–Trinajstić information content (AvgIpc) is 3.08. The molecule has 0 aliphatic carbocycles. The molecule has 26 heavy (non-hydrogen) atoms. The minimum absolute atomic E-state index is 0.0544. The van der Waals surface area contributed by atoms with Gasteiger partial charge in [-0.2, -0.15) is 0 Å². The molecule has 0 bridgehead atoms. The molecular weight excluding hydrogens is 405 g/mol. The number of thioether (sulfide) groups is 1. The van der Waals surface area contributed by atoms with E-state index >= 15 is 0 Å². The van der Waals surface area contributed by atoms with Crippen molar-refractivity contribution in [2.75, 3.05) is 5.75 Å². The first-order valence-electron chi connectivity index (χ1n) is 8.32. The molecule has 0 atom stereocenters. The number of hydrogen-bond acceptors (Lipinski definition) is 3. The van der Waals surface area contributed by atoms with E-state index in [4.69, 9.17) is 23.2 Å². The van der Waals surface area contributed by atoms with Gasteiger partial charge >= 0.3 is 0 Å². The molecule has 2 heterocycles. The lowest BCUT2D eigenvalue weighted by molar-refractivity contribution is 0.280. The molecule has 1 N–H and O–H groups in total. The first kappa shape index (κ1) is 19.8. The van der Waals surface area contributed by atoms with Gasteiger partial charge in [0.1, 0.15) is 0 Å². The van der Waals surface area contributed by atoms with Crippen LogP contribution in [0, 0.1) is 13.8 Å². The molecule has 0 saturated carbocycles. The van der Waals surface area contributed by atoms with E-state index < -0.39 is 0 Å². The van der Waals surface area contributed by atoms with Crippen LogP contribution >= 0.6 is 46.3 Å². The fraction of sp³-hybridized carbons (Fsp3) is 0.300. The first-order valence-corrected chi connectivity index (χ1v) is 10.9. The molecule has 2 nitrogen and oxygen atoms in total. The quantitative estimate of drug-likeness (QED) is 0.441. The number of benzene rings is 1. The van der Waals surface area contributed by atoms with E-state index in [1.54, 1.807) is 23.1 Å². The van der Waals surface area contributed by atoms with E-state index in [0.29, 0.717) is 0 Å². The van der Waals surface area contributed by atoms with Crippen molar-refractivity contribution in [1.29, 1.82) is 0 Å². The molecule has 138 valence electrons. The van der Waals surface area contributed by atoms with Crippen LogP contribution in [-0.2, 0) is 13.2 Å². The number of halogens is 2. The average molecular weight is 426 g/mol. The third-order valence-corrected chi connectivity index (χ3v) is 7.08. The Morgan fingerprint density at radius 1 is 1.35 bits per heavy atom. The number of fused-ring (bicyclic) bond motifs is 1. The van der Waals surface area contributed by atoms with Crippen LogP contribution in [0.2, 0.25) is 5.02 Å². The molecule has 1 aromatic carbocycles. The van der Waals surface area contributed by atoms with Crippen molar-refractivity contribution >= 4 is 56.4 Å². The maximum absolute atomic E-state index is 9.81. The first-order chi connectivity index (χ1) is 12.4. The van der Waals surface area contributed by atoms with Gasteiger partial charge in [0.05, 0.1) is 11.6 Å². The maximum atomic E-state index is 9.81. The predicted molar refractivity (Wildman–Crippen MR) is 116 cm³/mol. The third-order valence-electron chi connectivity index (χ3n) is 4.55. The Balaban J connectivity index is 2.02. The Morgan fingerprint density at radius 2 is 2.12 bits per heavy atom. The van der Waals surface area contributed by atoms with Crippen LogP contribution in [0.25, 0.3) is 10.1 Å². The van der Waals surface area contributed by atoms with Gasteiger partial charge in [-0.25, -0.2) is 0 Å². The topological polar surface area (TPSA) is 25.2 Å². The number of aliphatic hydroxyl groups is 1. The largest absolute Gasteiger partial charge is 0.392 e. The number of rotatable bonds is 6. The number of allylic oxidation sites excluding steroid dienone is 1. The monoisotopic (exact) mass is 425 g/mol. The number of aliphatic hydroxyl groups excluding tert-OH is 1. The maximum Gasteiger partial charge on any atom is 0.0789 e. The third kappa shape index (κ3) is 4.00. The van der Waals surface area contributed by atoms with Crippen LogP contribution in [0.4, 0.5) is 0 Å². The molecule has 3 rings (SSSR count). The van der Waals surface area contributed by atoms with Crippen molar-refractivity contribution in [3.05, 3.63) is 62.1 Å². The van der Waals surface area contributed by atoms with E-state index in [-0.39, 0.29) is 6.61 Å². The number of aromatic nitrogens is 1. The summed E-state index contributed by atoms with van der Waals surface area (Å²) in [5, 5.41) is 15.9. The van der Waals surface area contributed by atoms with Gasteiger partial charge < -0.3 is 9.67 Å². The lowest BCUT2D eigenvalue weighted by atomic mass is 10.1. The van der Waals surface area contributed by atoms with Crippen molar-refractivity contribution in [3.8, 4) is 0 Å². The Kier molecular flexibility index (Phi) is 6.41. The van der Waals surface area contributed by atoms with Crippen molar-refractivity contribution in [1.82, 2.24) is 4.57 Å². The minimum Gasteiger partial charge on any atom is -0.392 e. The lowest BCUT2D eigenvalue weighted by Gasteiger charge is -2.11. The van der Waals surface area contributed by atoms with Crippen LogP contribution in [0.1, 0.15) is 29.3 Å². The van der Waals surface area contributed by atoms with E-state index in [9.17, 15) is 5.11 Å². The van der Waals surface area contributed by atoms with Crippen molar-refractivity contribution in [3.63, 3.8) is 0 Å². The van der Waals surface area contributed by atoms with Gasteiger partial charge in [0, 0.05) is 38.3 Å². The van der Waals surface area contributed by atoms with E-state index in [1.165, 1.54) is 20.7 Å². The second kappa shape index (κ2) is 8.41. The molecule has 6 heteroatoms. The normalized spacial score (nSPS) is 12.3. The summed E-state index contributed by atoms with van der Waals surface area (Å²) in [4.78, 5) is 0. The van der Waals surface area contributed by atoms with Crippen LogP contribution in [0.3, 0.4) is 0 Å². The van der Waals surface area contributed by atoms with Crippen molar-refractivity contribution < 1.29 is 5.11 Å². The van der Waals surface area contributed by atoms with Gasteiger partial charge in [0.25, 0.3) is 0 Å². The zero-order valence-corrected chi connectivity index (χ0v) is 18.1.